The van der Waals surface area contributed by atoms with E-state index in [-0.39, 0.29) is 24.0 Å². The fourth-order valence-electron chi connectivity index (χ4n) is 2.01. The fourth-order valence-corrected chi connectivity index (χ4v) is 2.65. The highest BCUT2D eigenvalue weighted by Gasteiger charge is 2.03. The lowest BCUT2D eigenvalue weighted by atomic mass is 10.1. The van der Waals surface area contributed by atoms with Gasteiger partial charge in [-0.1, -0.05) is 30.3 Å². The number of hydrogen-bond donors (Lipinski definition) is 2. The van der Waals surface area contributed by atoms with Crippen LogP contribution in [-0.2, 0) is 24.4 Å². The van der Waals surface area contributed by atoms with Crippen molar-refractivity contribution in [3.63, 3.8) is 0 Å². The molecule has 0 spiro atoms. The first-order chi connectivity index (χ1) is 10.3. The predicted molar refractivity (Wildman–Crippen MR) is 104 cm³/mol. The van der Waals surface area contributed by atoms with Crippen LogP contribution in [0.4, 0.5) is 0 Å². The summed E-state index contributed by atoms with van der Waals surface area (Å²) in [4.78, 5) is 5.54. The lowest BCUT2D eigenvalue weighted by Crippen LogP contribution is -2.36. The lowest BCUT2D eigenvalue weighted by Gasteiger charge is -2.13. The number of hydrogen-bond acceptors (Lipinski definition) is 3. The second-order valence-corrected chi connectivity index (χ2v) is 5.59. The van der Waals surface area contributed by atoms with Crippen molar-refractivity contribution in [2.75, 3.05) is 14.2 Å². The van der Waals surface area contributed by atoms with E-state index in [1.165, 1.54) is 16.0 Å². The summed E-state index contributed by atoms with van der Waals surface area (Å²) < 4.78 is 5.23. The molecule has 0 atom stereocenters. The van der Waals surface area contributed by atoms with Gasteiger partial charge in [-0.2, -0.15) is 0 Å². The first kappa shape index (κ1) is 18.9. The summed E-state index contributed by atoms with van der Waals surface area (Å²) in [6.07, 6.45) is 0. The highest BCUT2D eigenvalue weighted by Crippen LogP contribution is 2.10. The summed E-state index contributed by atoms with van der Waals surface area (Å²) in [7, 11) is 3.50. The minimum atomic E-state index is 0. The van der Waals surface area contributed by atoms with Crippen LogP contribution in [0.2, 0.25) is 0 Å². The van der Waals surface area contributed by atoms with E-state index in [9.17, 15) is 0 Å². The van der Waals surface area contributed by atoms with Crippen LogP contribution < -0.4 is 10.6 Å². The second kappa shape index (κ2) is 10.6. The molecule has 0 saturated heterocycles. The Hall–Kier alpha value is -1.12. The molecule has 0 bridgehead atoms. The number of nitrogens with one attached hydrogen (secondary N) is 2. The molecule has 0 aliphatic heterocycles. The molecule has 0 saturated carbocycles. The molecule has 0 aliphatic carbocycles. The molecule has 1 heterocycles. The van der Waals surface area contributed by atoms with Gasteiger partial charge in [-0.15, -0.1) is 35.3 Å². The topological polar surface area (TPSA) is 45.7 Å². The number of ether oxygens (including phenoxy) is 1. The van der Waals surface area contributed by atoms with Crippen molar-refractivity contribution >= 4 is 41.3 Å². The first-order valence-electron chi connectivity index (χ1n) is 6.86. The summed E-state index contributed by atoms with van der Waals surface area (Å²) in [5.41, 5.74) is 2.42. The van der Waals surface area contributed by atoms with Gasteiger partial charge in [0.05, 0.1) is 13.2 Å². The van der Waals surface area contributed by atoms with E-state index < -0.39 is 0 Å². The quantitative estimate of drug-likeness (QED) is 0.419. The number of benzene rings is 1. The number of methoxy groups -OCH3 is 1. The maximum absolute atomic E-state index is 5.23. The monoisotopic (exact) mass is 431 g/mol. The smallest absolute Gasteiger partial charge is 0.191 e. The summed E-state index contributed by atoms with van der Waals surface area (Å²) >= 11 is 1.74. The Kier molecular flexibility index (Phi) is 9.10. The largest absolute Gasteiger partial charge is 0.380 e. The van der Waals surface area contributed by atoms with Crippen LogP contribution in [0.15, 0.2) is 46.8 Å². The summed E-state index contributed by atoms with van der Waals surface area (Å²) in [5, 5.41) is 8.72. The van der Waals surface area contributed by atoms with Gasteiger partial charge >= 0.3 is 0 Å². The Morgan fingerprint density at radius 2 is 1.82 bits per heavy atom. The fraction of sp³-hybridized carbons (Fsp3) is 0.312. The molecule has 0 unspecified atom stereocenters. The molecule has 0 fully saturated rings. The summed E-state index contributed by atoms with van der Waals surface area (Å²) in [6.45, 7) is 2.14. The molecule has 4 nitrogen and oxygen atoms in total. The molecule has 22 heavy (non-hydrogen) atoms. The van der Waals surface area contributed by atoms with Gasteiger partial charge in [-0.05, 0) is 22.6 Å². The standard InChI is InChI=1S/C16H21N3OS.HI/c1-17-16(19-11-15-8-5-9-21-15)18-10-13-6-3-4-7-14(13)12-20-2;/h3-9H,10-12H2,1-2H3,(H2,17,18,19);1H. The van der Waals surface area contributed by atoms with E-state index in [2.05, 4.69) is 45.3 Å². The molecule has 120 valence electrons. The average Bonchev–Trinajstić information content (AvgIpc) is 3.02. The highest BCUT2D eigenvalue weighted by atomic mass is 127. The Morgan fingerprint density at radius 3 is 2.45 bits per heavy atom. The zero-order valence-corrected chi connectivity index (χ0v) is 16.0. The van der Waals surface area contributed by atoms with Crippen molar-refractivity contribution in [3.05, 3.63) is 57.8 Å². The SMILES string of the molecule is CN=C(NCc1cccs1)NCc1ccccc1COC.I. The molecule has 0 amide bonds. The van der Waals surface area contributed by atoms with E-state index in [1.54, 1.807) is 25.5 Å². The van der Waals surface area contributed by atoms with Crippen molar-refractivity contribution < 1.29 is 4.74 Å². The molecule has 1 aromatic heterocycles. The van der Waals surface area contributed by atoms with Crippen molar-refractivity contribution in [3.8, 4) is 0 Å². The molecule has 0 aliphatic rings. The molecule has 0 radical (unpaired) electrons. The highest BCUT2D eigenvalue weighted by molar-refractivity contribution is 14.0. The minimum Gasteiger partial charge on any atom is -0.380 e. The zero-order valence-electron chi connectivity index (χ0n) is 12.8. The van der Waals surface area contributed by atoms with E-state index >= 15 is 0 Å². The van der Waals surface area contributed by atoms with Crippen LogP contribution in [0.5, 0.6) is 0 Å². The molecule has 2 N–H and O–H groups in total. The van der Waals surface area contributed by atoms with Crippen molar-refractivity contribution in [2.45, 2.75) is 19.7 Å². The van der Waals surface area contributed by atoms with Crippen LogP contribution >= 0.6 is 35.3 Å². The van der Waals surface area contributed by atoms with Crippen molar-refractivity contribution in [1.82, 2.24) is 10.6 Å². The zero-order chi connectivity index (χ0) is 14.9. The third-order valence-corrected chi connectivity index (χ3v) is 3.97. The molecule has 6 heteroatoms. The van der Waals surface area contributed by atoms with Gasteiger partial charge in [0.1, 0.15) is 0 Å². The van der Waals surface area contributed by atoms with Crippen molar-refractivity contribution in [1.29, 1.82) is 0 Å². The summed E-state index contributed by atoms with van der Waals surface area (Å²) in [5.74, 6) is 0.801. The number of guanidine groups is 1. The maximum atomic E-state index is 5.23. The van der Waals surface area contributed by atoms with E-state index in [0.717, 1.165) is 19.0 Å². The predicted octanol–water partition coefficient (Wildman–Crippen LogP) is 3.38. The van der Waals surface area contributed by atoms with Gasteiger partial charge in [0, 0.05) is 25.6 Å². The van der Waals surface area contributed by atoms with Gasteiger partial charge in [0.25, 0.3) is 0 Å². The number of nitrogens with zero attached hydrogens (tertiary/aromatic N) is 1. The Bertz CT molecular complexity index is 573. The van der Waals surface area contributed by atoms with Crippen LogP contribution in [0.1, 0.15) is 16.0 Å². The van der Waals surface area contributed by atoms with Gasteiger partial charge in [-0.3, -0.25) is 4.99 Å². The Morgan fingerprint density at radius 1 is 1.09 bits per heavy atom. The third-order valence-electron chi connectivity index (χ3n) is 3.10. The second-order valence-electron chi connectivity index (χ2n) is 4.56. The van der Waals surface area contributed by atoms with Gasteiger partial charge < -0.3 is 15.4 Å². The van der Waals surface area contributed by atoms with Crippen LogP contribution in [0.25, 0.3) is 0 Å². The van der Waals surface area contributed by atoms with Crippen LogP contribution in [0.3, 0.4) is 0 Å². The van der Waals surface area contributed by atoms with Gasteiger partial charge in [0.15, 0.2) is 5.96 Å². The van der Waals surface area contributed by atoms with Gasteiger partial charge in [-0.25, -0.2) is 0 Å². The normalized spacial score (nSPS) is 10.9. The van der Waals surface area contributed by atoms with Gasteiger partial charge in [0.2, 0.25) is 0 Å². The third kappa shape index (κ3) is 5.94. The Labute approximate surface area is 153 Å². The van der Waals surface area contributed by atoms with Crippen LogP contribution in [-0.4, -0.2) is 20.1 Å². The van der Waals surface area contributed by atoms with E-state index in [4.69, 9.17) is 4.74 Å². The minimum absolute atomic E-state index is 0. The molecular formula is C16H22IN3OS. The first-order valence-corrected chi connectivity index (χ1v) is 7.74. The molecule has 2 aromatic rings. The summed E-state index contributed by atoms with van der Waals surface area (Å²) in [6, 6.07) is 12.4. The van der Waals surface area contributed by atoms with E-state index in [0.29, 0.717) is 6.61 Å². The molecule has 2 rings (SSSR count). The van der Waals surface area contributed by atoms with Crippen molar-refractivity contribution in [2.24, 2.45) is 4.99 Å². The van der Waals surface area contributed by atoms with Crippen LogP contribution in [0, 0.1) is 0 Å². The number of thiophene rings is 1. The molecule has 1 aromatic carbocycles. The number of aliphatic imine (C=N–C) groups is 1. The number of rotatable bonds is 6. The maximum Gasteiger partial charge on any atom is 0.191 e. The Balaban J connectivity index is 0.00000242. The molecular weight excluding hydrogens is 409 g/mol. The van der Waals surface area contributed by atoms with E-state index in [1.807, 2.05) is 12.1 Å². The number of halogens is 1. The lowest BCUT2D eigenvalue weighted by molar-refractivity contribution is 0.184. The average molecular weight is 431 g/mol.